The molecule has 122 valence electrons. The van der Waals surface area contributed by atoms with Crippen molar-refractivity contribution in [2.24, 2.45) is 0 Å². The second kappa shape index (κ2) is 7.02. The van der Waals surface area contributed by atoms with Crippen molar-refractivity contribution in [2.45, 2.75) is 38.1 Å². The third-order valence-corrected chi connectivity index (χ3v) is 5.73. The lowest BCUT2D eigenvalue weighted by atomic mass is 10.0. The lowest BCUT2D eigenvalue weighted by Crippen LogP contribution is -2.41. The molecule has 2 heteroatoms. The van der Waals surface area contributed by atoms with Crippen LogP contribution in [0.4, 0.5) is 0 Å². The van der Waals surface area contributed by atoms with Crippen molar-refractivity contribution < 1.29 is 0 Å². The van der Waals surface area contributed by atoms with E-state index in [-0.39, 0.29) is 0 Å². The topological polar surface area (TPSA) is 6.48 Å². The molecule has 0 aliphatic carbocycles. The summed E-state index contributed by atoms with van der Waals surface area (Å²) >= 11 is 0. The number of rotatable bonds is 4. The predicted molar refractivity (Wildman–Crippen MR) is 97.9 cm³/mol. The second-order valence-corrected chi connectivity index (χ2v) is 7.23. The summed E-state index contributed by atoms with van der Waals surface area (Å²) < 4.78 is 0. The van der Waals surface area contributed by atoms with Gasteiger partial charge in [0.25, 0.3) is 0 Å². The van der Waals surface area contributed by atoms with Crippen molar-refractivity contribution in [3.8, 4) is 0 Å². The van der Waals surface area contributed by atoms with E-state index in [9.17, 15) is 0 Å². The number of hydrogen-bond acceptors (Lipinski definition) is 2. The van der Waals surface area contributed by atoms with Gasteiger partial charge in [0.15, 0.2) is 0 Å². The predicted octanol–water partition coefficient (Wildman–Crippen LogP) is 3.94. The molecule has 2 fully saturated rings. The van der Waals surface area contributed by atoms with Gasteiger partial charge in [0.1, 0.15) is 0 Å². The van der Waals surface area contributed by atoms with Crippen molar-refractivity contribution in [2.75, 3.05) is 32.7 Å². The molecule has 0 amide bonds. The zero-order valence-electron chi connectivity index (χ0n) is 14.1. The normalized spacial score (nSPS) is 23.6. The molecule has 2 heterocycles. The molecule has 2 aromatic rings. The van der Waals surface area contributed by atoms with Gasteiger partial charge >= 0.3 is 0 Å². The van der Waals surface area contributed by atoms with Gasteiger partial charge in [-0.05, 0) is 61.7 Å². The van der Waals surface area contributed by atoms with E-state index < -0.39 is 0 Å². The summed E-state index contributed by atoms with van der Waals surface area (Å²) in [6.45, 7) is 6.44. The monoisotopic (exact) mass is 308 g/mol. The van der Waals surface area contributed by atoms with E-state index in [1.54, 1.807) is 0 Å². The van der Waals surface area contributed by atoms with E-state index in [4.69, 9.17) is 0 Å². The van der Waals surface area contributed by atoms with Crippen LogP contribution in [0.3, 0.4) is 0 Å². The number of hydrogen-bond donors (Lipinski definition) is 0. The molecule has 2 aliphatic rings. The molecule has 0 radical (unpaired) electrons. The first-order chi connectivity index (χ1) is 11.4. The first-order valence-corrected chi connectivity index (χ1v) is 9.33. The number of fused-ring (bicyclic) bond motifs is 1. The Morgan fingerprint density at radius 2 is 1.70 bits per heavy atom. The highest BCUT2D eigenvalue weighted by molar-refractivity contribution is 5.85. The number of likely N-dealkylation sites (tertiary alicyclic amines) is 2. The van der Waals surface area contributed by atoms with Crippen LogP contribution in [-0.4, -0.2) is 48.6 Å². The van der Waals surface area contributed by atoms with Gasteiger partial charge in [0.05, 0.1) is 0 Å². The number of benzene rings is 2. The lowest BCUT2D eigenvalue weighted by Gasteiger charge is -2.32. The van der Waals surface area contributed by atoms with Crippen molar-refractivity contribution in [3.05, 3.63) is 48.0 Å². The van der Waals surface area contributed by atoms with Crippen LogP contribution >= 0.6 is 0 Å². The van der Waals surface area contributed by atoms with Crippen LogP contribution in [0.15, 0.2) is 42.5 Å². The summed E-state index contributed by atoms with van der Waals surface area (Å²) in [5.74, 6) is 0. The number of piperidine rings is 1. The van der Waals surface area contributed by atoms with Gasteiger partial charge in [-0.1, -0.05) is 48.9 Å². The Labute approximate surface area is 140 Å². The minimum atomic E-state index is 0.822. The SMILES string of the molecule is c1ccc2c(CCN3CCC(N4CCCCC4)C3)cccc2c1. The highest BCUT2D eigenvalue weighted by Crippen LogP contribution is 2.22. The smallest absolute Gasteiger partial charge is 0.0235 e. The molecular formula is C21H28N2. The van der Waals surface area contributed by atoms with Gasteiger partial charge in [0, 0.05) is 19.1 Å². The zero-order chi connectivity index (χ0) is 15.5. The maximum absolute atomic E-state index is 2.75. The summed E-state index contributed by atoms with van der Waals surface area (Å²) in [7, 11) is 0. The Hall–Kier alpha value is -1.38. The quantitative estimate of drug-likeness (QED) is 0.844. The van der Waals surface area contributed by atoms with Crippen LogP contribution in [0.25, 0.3) is 10.8 Å². The van der Waals surface area contributed by atoms with Gasteiger partial charge in [-0.15, -0.1) is 0 Å². The molecule has 2 aliphatic heterocycles. The average Bonchev–Trinajstić information content (AvgIpc) is 3.10. The van der Waals surface area contributed by atoms with Crippen LogP contribution in [0.5, 0.6) is 0 Å². The summed E-state index contributed by atoms with van der Waals surface area (Å²) in [5, 5.41) is 2.80. The molecular weight excluding hydrogens is 280 g/mol. The van der Waals surface area contributed by atoms with E-state index in [1.807, 2.05) is 0 Å². The first kappa shape index (κ1) is 15.2. The van der Waals surface area contributed by atoms with E-state index in [0.29, 0.717) is 0 Å². The van der Waals surface area contributed by atoms with Crippen LogP contribution < -0.4 is 0 Å². The van der Waals surface area contributed by atoms with Crippen molar-refractivity contribution in [1.29, 1.82) is 0 Å². The molecule has 1 atom stereocenters. The Bertz CT molecular complexity index is 640. The van der Waals surface area contributed by atoms with Crippen molar-refractivity contribution in [3.63, 3.8) is 0 Å². The van der Waals surface area contributed by atoms with Gasteiger partial charge in [-0.25, -0.2) is 0 Å². The van der Waals surface area contributed by atoms with Gasteiger partial charge in [-0.3, -0.25) is 4.90 Å². The molecule has 0 saturated carbocycles. The van der Waals surface area contributed by atoms with E-state index in [2.05, 4.69) is 52.3 Å². The largest absolute Gasteiger partial charge is 0.301 e. The number of nitrogens with zero attached hydrogens (tertiary/aromatic N) is 2. The summed E-state index contributed by atoms with van der Waals surface area (Å²) in [6.07, 6.45) is 6.80. The summed E-state index contributed by atoms with van der Waals surface area (Å²) in [5.41, 5.74) is 1.50. The highest BCUT2D eigenvalue weighted by atomic mass is 15.3. The average molecular weight is 308 g/mol. The molecule has 0 spiro atoms. The molecule has 2 aromatic carbocycles. The lowest BCUT2D eigenvalue weighted by molar-refractivity contribution is 0.162. The molecule has 0 N–H and O–H groups in total. The maximum Gasteiger partial charge on any atom is 0.0235 e. The standard InChI is InChI=1S/C21H28N2/c1-4-13-23(14-5-1)20-12-16-22(17-20)15-11-19-9-6-8-18-7-2-3-10-21(18)19/h2-3,6-10,20H,1,4-5,11-17H2. The van der Waals surface area contributed by atoms with E-state index in [0.717, 1.165) is 6.04 Å². The van der Waals surface area contributed by atoms with E-state index in [1.165, 1.54) is 81.2 Å². The van der Waals surface area contributed by atoms with Crippen LogP contribution in [0.2, 0.25) is 0 Å². The fourth-order valence-electron chi connectivity index (χ4n) is 4.39. The third kappa shape index (κ3) is 3.44. The molecule has 4 rings (SSSR count). The molecule has 0 bridgehead atoms. The molecule has 23 heavy (non-hydrogen) atoms. The van der Waals surface area contributed by atoms with Crippen LogP contribution in [0, 0.1) is 0 Å². The second-order valence-electron chi connectivity index (χ2n) is 7.23. The Morgan fingerprint density at radius 3 is 2.61 bits per heavy atom. The maximum atomic E-state index is 2.75. The minimum Gasteiger partial charge on any atom is -0.301 e. The van der Waals surface area contributed by atoms with Crippen molar-refractivity contribution in [1.82, 2.24) is 9.80 Å². The fraction of sp³-hybridized carbons (Fsp3) is 0.524. The zero-order valence-corrected chi connectivity index (χ0v) is 14.1. The molecule has 2 saturated heterocycles. The molecule has 0 aromatic heterocycles. The van der Waals surface area contributed by atoms with Crippen molar-refractivity contribution >= 4 is 10.8 Å². The Balaban J connectivity index is 1.36. The molecule has 2 nitrogen and oxygen atoms in total. The van der Waals surface area contributed by atoms with E-state index >= 15 is 0 Å². The summed E-state index contributed by atoms with van der Waals surface area (Å²) in [4.78, 5) is 5.43. The third-order valence-electron chi connectivity index (χ3n) is 5.73. The van der Waals surface area contributed by atoms with Crippen LogP contribution in [0.1, 0.15) is 31.2 Å². The first-order valence-electron chi connectivity index (χ1n) is 9.33. The highest BCUT2D eigenvalue weighted by Gasteiger charge is 2.28. The van der Waals surface area contributed by atoms with Gasteiger partial charge < -0.3 is 4.90 Å². The van der Waals surface area contributed by atoms with Crippen LogP contribution in [-0.2, 0) is 6.42 Å². The fourth-order valence-corrected chi connectivity index (χ4v) is 4.39. The molecule has 1 unspecified atom stereocenters. The minimum absolute atomic E-state index is 0.822. The van der Waals surface area contributed by atoms with Gasteiger partial charge in [0.2, 0.25) is 0 Å². The Kier molecular flexibility index (Phi) is 4.63. The van der Waals surface area contributed by atoms with Gasteiger partial charge in [-0.2, -0.15) is 0 Å². The Morgan fingerprint density at radius 1 is 0.870 bits per heavy atom. The summed E-state index contributed by atoms with van der Waals surface area (Å²) in [6, 6.07) is 16.3.